The fraction of sp³-hybridized carbons (Fsp3) is 0.611. The van der Waals surface area contributed by atoms with Gasteiger partial charge in [0, 0.05) is 37.9 Å². The number of ether oxygens (including phenoxy) is 2. The van der Waals surface area contributed by atoms with Gasteiger partial charge in [-0.15, -0.1) is 24.0 Å². The lowest BCUT2D eigenvalue weighted by atomic mass is 10.2. The van der Waals surface area contributed by atoms with E-state index in [2.05, 4.69) is 27.4 Å². The molecule has 1 saturated carbocycles. The quantitative estimate of drug-likeness (QED) is 0.336. The van der Waals surface area contributed by atoms with Crippen molar-refractivity contribution in [1.29, 1.82) is 0 Å². The molecular weight excluding hydrogens is 431 g/mol. The lowest BCUT2D eigenvalue weighted by Crippen LogP contribution is -2.38. The third-order valence-electron chi connectivity index (χ3n) is 4.11. The van der Waals surface area contributed by atoms with Crippen molar-refractivity contribution in [3.8, 4) is 11.5 Å². The smallest absolute Gasteiger partial charge is 0.195 e. The SMILES string of the molecule is CCOc1ccc(NC(=NC)NCCN(CC)C2CC2)cc1OC.I. The average Bonchev–Trinajstić information content (AvgIpc) is 3.44. The van der Waals surface area contributed by atoms with E-state index in [0.717, 1.165) is 43.1 Å². The number of rotatable bonds is 9. The zero-order chi connectivity index (χ0) is 17.4. The van der Waals surface area contributed by atoms with Crippen LogP contribution in [0.25, 0.3) is 0 Å². The number of nitrogens with zero attached hydrogens (tertiary/aromatic N) is 2. The Labute approximate surface area is 168 Å². The number of hydrogen-bond acceptors (Lipinski definition) is 4. The summed E-state index contributed by atoms with van der Waals surface area (Å²) in [6.07, 6.45) is 2.68. The first kappa shape index (κ1) is 21.8. The predicted molar refractivity (Wildman–Crippen MR) is 115 cm³/mol. The Morgan fingerprint density at radius 2 is 2.04 bits per heavy atom. The zero-order valence-corrected chi connectivity index (χ0v) is 18.0. The molecule has 0 aromatic heterocycles. The van der Waals surface area contributed by atoms with Crippen molar-refractivity contribution in [2.75, 3.05) is 45.7 Å². The molecule has 0 saturated heterocycles. The molecule has 1 aromatic rings. The number of aliphatic imine (C=N–C) groups is 1. The summed E-state index contributed by atoms with van der Waals surface area (Å²) in [6.45, 7) is 7.80. The average molecular weight is 462 g/mol. The molecular formula is C18H31IN4O2. The van der Waals surface area contributed by atoms with Crippen molar-refractivity contribution in [3.63, 3.8) is 0 Å². The monoisotopic (exact) mass is 462 g/mol. The molecule has 0 unspecified atom stereocenters. The number of benzene rings is 1. The molecule has 1 aliphatic carbocycles. The maximum absolute atomic E-state index is 5.54. The molecule has 0 bridgehead atoms. The highest BCUT2D eigenvalue weighted by molar-refractivity contribution is 14.0. The Bertz CT molecular complexity index is 550. The Hall–Kier alpha value is -1.22. The van der Waals surface area contributed by atoms with Gasteiger partial charge in [0.15, 0.2) is 17.5 Å². The minimum atomic E-state index is 0. The molecule has 25 heavy (non-hydrogen) atoms. The standard InChI is InChI=1S/C18H30N4O2.HI/c1-5-22(15-8-9-15)12-11-20-18(19-3)21-14-7-10-16(24-6-2)17(13-14)23-4;/h7,10,13,15H,5-6,8-9,11-12H2,1-4H3,(H2,19,20,21);1H. The van der Waals surface area contributed by atoms with Gasteiger partial charge in [-0.1, -0.05) is 6.92 Å². The largest absolute Gasteiger partial charge is 0.493 e. The second-order valence-electron chi connectivity index (χ2n) is 5.78. The topological polar surface area (TPSA) is 58.1 Å². The summed E-state index contributed by atoms with van der Waals surface area (Å²) in [6, 6.07) is 6.58. The number of hydrogen-bond donors (Lipinski definition) is 2. The molecule has 0 atom stereocenters. The van der Waals surface area contributed by atoms with E-state index >= 15 is 0 Å². The van der Waals surface area contributed by atoms with E-state index in [-0.39, 0.29) is 24.0 Å². The fourth-order valence-electron chi connectivity index (χ4n) is 2.69. The van der Waals surface area contributed by atoms with E-state index < -0.39 is 0 Å². The number of likely N-dealkylation sites (N-methyl/N-ethyl adjacent to an activating group) is 1. The highest BCUT2D eigenvalue weighted by atomic mass is 127. The number of guanidine groups is 1. The molecule has 0 amide bonds. The minimum Gasteiger partial charge on any atom is -0.493 e. The molecule has 1 aliphatic rings. The van der Waals surface area contributed by atoms with Gasteiger partial charge in [-0.2, -0.15) is 0 Å². The molecule has 2 rings (SSSR count). The lowest BCUT2D eigenvalue weighted by Gasteiger charge is -2.21. The molecule has 0 radical (unpaired) electrons. The Morgan fingerprint density at radius 3 is 2.60 bits per heavy atom. The molecule has 0 heterocycles. The van der Waals surface area contributed by atoms with Gasteiger partial charge in [0.25, 0.3) is 0 Å². The van der Waals surface area contributed by atoms with Crippen LogP contribution in [0, 0.1) is 0 Å². The van der Waals surface area contributed by atoms with E-state index in [1.54, 1.807) is 14.2 Å². The number of anilines is 1. The summed E-state index contributed by atoms with van der Waals surface area (Å²) >= 11 is 0. The lowest BCUT2D eigenvalue weighted by molar-refractivity contribution is 0.282. The molecule has 0 spiro atoms. The Morgan fingerprint density at radius 1 is 1.28 bits per heavy atom. The maximum atomic E-state index is 5.54. The van der Waals surface area contributed by atoms with Gasteiger partial charge in [-0.25, -0.2) is 0 Å². The van der Waals surface area contributed by atoms with E-state index in [9.17, 15) is 0 Å². The predicted octanol–water partition coefficient (Wildman–Crippen LogP) is 3.18. The van der Waals surface area contributed by atoms with E-state index in [4.69, 9.17) is 9.47 Å². The van der Waals surface area contributed by atoms with Crippen LogP contribution in [0.3, 0.4) is 0 Å². The first-order chi connectivity index (χ1) is 11.7. The van der Waals surface area contributed by atoms with Crippen LogP contribution in [0.15, 0.2) is 23.2 Å². The molecule has 7 heteroatoms. The van der Waals surface area contributed by atoms with Crippen LogP contribution >= 0.6 is 24.0 Å². The van der Waals surface area contributed by atoms with Gasteiger partial charge in [0.2, 0.25) is 0 Å². The fourth-order valence-corrected chi connectivity index (χ4v) is 2.69. The molecule has 6 nitrogen and oxygen atoms in total. The molecule has 1 fully saturated rings. The van der Waals surface area contributed by atoms with Crippen molar-refractivity contribution in [3.05, 3.63) is 18.2 Å². The summed E-state index contributed by atoms with van der Waals surface area (Å²) in [5.41, 5.74) is 0.915. The molecule has 142 valence electrons. The van der Waals surface area contributed by atoms with Crippen LogP contribution in [0.2, 0.25) is 0 Å². The minimum absolute atomic E-state index is 0. The van der Waals surface area contributed by atoms with Crippen molar-refractivity contribution in [1.82, 2.24) is 10.2 Å². The first-order valence-electron chi connectivity index (χ1n) is 8.74. The third kappa shape index (κ3) is 6.89. The summed E-state index contributed by atoms with van der Waals surface area (Å²) in [5, 5.41) is 6.66. The summed E-state index contributed by atoms with van der Waals surface area (Å²) < 4.78 is 10.9. The van der Waals surface area contributed by atoms with Gasteiger partial charge in [0.05, 0.1) is 13.7 Å². The molecule has 2 N–H and O–H groups in total. The van der Waals surface area contributed by atoms with Gasteiger partial charge < -0.3 is 20.1 Å². The maximum Gasteiger partial charge on any atom is 0.195 e. The van der Waals surface area contributed by atoms with Crippen molar-refractivity contribution >= 4 is 35.6 Å². The van der Waals surface area contributed by atoms with Crippen LogP contribution in [0.5, 0.6) is 11.5 Å². The van der Waals surface area contributed by atoms with Crippen LogP contribution in [0.4, 0.5) is 5.69 Å². The van der Waals surface area contributed by atoms with E-state index in [1.807, 2.05) is 25.1 Å². The molecule has 1 aromatic carbocycles. The Balaban J connectivity index is 0.00000312. The van der Waals surface area contributed by atoms with Gasteiger partial charge in [-0.05, 0) is 38.4 Å². The van der Waals surface area contributed by atoms with Gasteiger partial charge >= 0.3 is 0 Å². The van der Waals surface area contributed by atoms with Gasteiger partial charge in [-0.3, -0.25) is 9.89 Å². The van der Waals surface area contributed by atoms with Crippen LogP contribution < -0.4 is 20.1 Å². The van der Waals surface area contributed by atoms with E-state index in [0.29, 0.717) is 12.4 Å². The second kappa shape index (κ2) is 11.4. The number of nitrogens with one attached hydrogen (secondary N) is 2. The highest BCUT2D eigenvalue weighted by Crippen LogP contribution is 2.30. The second-order valence-corrected chi connectivity index (χ2v) is 5.78. The van der Waals surface area contributed by atoms with Crippen molar-refractivity contribution in [2.45, 2.75) is 32.7 Å². The van der Waals surface area contributed by atoms with Crippen LogP contribution in [0.1, 0.15) is 26.7 Å². The first-order valence-corrected chi connectivity index (χ1v) is 8.74. The third-order valence-corrected chi connectivity index (χ3v) is 4.11. The highest BCUT2D eigenvalue weighted by Gasteiger charge is 2.27. The normalized spacial score (nSPS) is 14.0. The number of halogens is 1. The summed E-state index contributed by atoms with van der Waals surface area (Å²) in [4.78, 5) is 6.80. The molecule has 0 aliphatic heterocycles. The van der Waals surface area contributed by atoms with Crippen molar-refractivity contribution < 1.29 is 9.47 Å². The van der Waals surface area contributed by atoms with E-state index in [1.165, 1.54) is 12.8 Å². The number of methoxy groups -OCH3 is 1. The Kier molecular flexibility index (Phi) is 9.96. The summed E-state index contributed by atoms with van der Waals surface area (Å²) in [7, 11) is 3.42. The van der Waals surface area contributed by atoms with Crippen molar-refractivity contribution in [2.24, 2.45) is 4.99 Å². The van der Waals surface area contributed by atoms with Gasteiger partial charge in [0.1, 0.15) is 0 Å². The zero-order valence-electron chi connectivity index (χ0n) is 15.7. The van der Waals surface area contributed by atoms with Crippen LogP contribution in [-0.2, 0) is 0 Å². The summed E-state index contributed by atoms with van der Waals surface area (Å²) in [5.74, 6) is 2.22. The van der Waals surface area contributed by atoms with Crippen LogP contribution in [-0.4, -0.2) is 57.3 Å².